The molecule has 0 aliphatic rings. The van der Waals surface area contributed by atoms with E-state index in [1.165, 1.54) is 0 Å². The van der Waals surface area contributed by atoms with Gasteiger partial charge in [-0.05, 0) is 31.0 Å². The number of nitrogens with one attached hydrogen (secondary N) is 1. The molecule has 21 heavy (non-hydrogen) atoms. The lowest BCUT2D eigenvalue weighted by Crippen LogP contribution is -2.40. The summed E-state index contributed by atoms with van der Waals surface area (Å²) in [4.78, 5) is 13.6. The van der Waals surface area contributed by atoms with E-state index < -0.39 is 0 Å². The number of rotatable bonds is 8. The Bertz CT molecular complexity index is 420. The van der Waals surface area contributed by atoms with E-state index >= 15 is 0 Å². The maximum absolute atomic E-state index is 12.0. The zero-order valence-electron chi connectivity index (χ0n) is 13.4. The first-order valence-corrected chi connectivity index (χ1v) is 7.30. The Labute approximate surface area is 127 Å². The number of carbonyl (C=O) groups is 1. The molecule has 0 aromatic heterocycles. The summed E-state index contributed by atoms with van der Waals surface area (Å²) in [7, 11) is 3.41. The number of benzene rings is 1. The molecule has 0 saturated heterocycles. The van der Waals surface area contributed by atoms with Crippen molar-refractivity contribution in [1.29, 1.82) is 0 Å². The fourth-order valence-corrected chi connectivity index (χ4v) is 1.82. The smallest absolute Gasteiger partial charge is 0.317 e. The van der Waals surface area contributed by atoms with Gasteiger partial charge in [0.2, 0.25) is 0 Å². The summed E-state index contributed by atoms with van der Waals surface area (Å²) < 4.78 is 10.6. The van der Waals surface area contributed by atoms with Crippen LogP contribution in [-0.2, 0) is 11.3 Å². The predicted octanol–water partition coefficient (Wildman–Crippen LogP) is 2.65. The van der Waals surface area contributed by atoms with Gasteiger partial charge in [-0.1, -0.05) is 19.1 Å². The SMILES string of the molecule is CCCOC(C)CNC(=O)N(C)Cc1ccc(OC)cc1. The molecule has 1 N–H and O–H groups in total. The van der Waals surface area contributed by atoms with Crippen LogP contribution in [0.4, 0.5) is 4.79 Å². The molecular formula is C16H26N2O3. The molecule has 1 atom stereocenters. The third kappa shape index (κ3) is 6.49. The van der Waals surface area contributed by atoms with Crippen LogP contribution in [0.15, 0.2) is 24.3 Å². The Morgan fingerprint density at radius 3 is 2.57 bits per heavy atom. The molecule has 0 aliphatic carbocycles. The quantitative estimate of drug-likeness (QED) is 0.802. The average Bonchev–Trinajstić information content (AvgIpc) is 2.51. The Hall–Kier alpha value is -1.75. The molecule has 0 spiro atoms. The highest BCUT2D eigenvalue weighted by Crippen LogP contribution is 2.12. The van der Waals surface area contributed by atoms with Crippen molar-refractivity contribution in [3.8, 4) is 5.75 Å². The second-order valence-electron chi connectivity index (χ2n) is 5.07. The third-order valence-electron chi connectivity index (χ3n) is 3.07. The number of urea groups is 1. The van der Waals surface area contributed by atoms with Crippen LogP contribution in [0.5, 0.6) is 5.75 Å². The van der Waals surface area contributed by atoms with E-state index in [0.29, 0.717) is 13.1 Å². The summed E-state index contributed by atoms with van der Waals surface area (Å²) in [5, 5.41) is 2.87. The lowest BCUT2D eigenvalue weighted by atomic mass is 10.2. The van der Waals surface area contributed by atoms with Crippen molar-refractivity contribution in [3.05, 3.63) is 29.8 Å². The summed E-state index contributed by atoms with van der Waals surface area (Å²) in [5.74, 6) is 0.813. The van der Waals surface area contributed by atoms with Crippen molar-refractivity contribution < 1.29 is 14.3 Å². The number of amides is 2. The lowest BCUT2D eigenvalue weighted by Gasteiger charge is -2.20. The molecule has 0 heterocycles. The van der Waals surface area contributed by atoms with Crippen molar-refractivity contribution >= 4 is 6.03 Å². The van der Waals surface area contributed by atoms with Crippen LogP contribution in [0.2, 0.25) is 0 Å². The van der Waals surface area contributed by atoms with E-state index in [9.17, 15) is 4.79 Å². The molecule has 1 unspecified atom stereocenters. The Morgan fingerprint density at radius 2 is 2.00 bits per heavy atom. The van der Waals surface area contributed by atoms with E-state index in [2.05, 4.69) is 12.2 Å². The minimum absolute atomic E-state index is 0.0308. The van der Waals surface area contributed by atoms with E-state index in [1.54, 1.807) is 19.1 Å². The topological polar surface area (TPSA) is 50.8 Å². The van der Waals surface area contributed by atoms with Crippen molar-refractivity contribution in [2.45, 2.75) is 32.9 Å². The summed E-state index contributed by atoms with van der Waals surface area (Å²) in [6, 6.07) is 7.59. The van der Waals surface area contributed by atoms with Crippen LogP contribution in [0.25, 0.3) is 0 Å². The predicted molar refractivity (Wildman–Crippen MR) is 83.6 cm³/mol. The monoisotopic (exact) mass is 294 g/mol. The molecular weight excluding hydrogens is 268 g/mol. The average molecular weight is 294 g/mol. The van der Waals surface area contributed by atoms with Crippen LogP contribution in [0, 0.1) is 0 Å². The Morgan fingerprint density at radius 1 is 1.33 bits per heavy atom. The number of methoxy groups -OCH3 is 1. The fourth-order valence-electron chi connectivity index (χ4n) is 1.82. The Balaban J connectivity index is 2.36. The van der Waals surface area contributed by atoms with Crippen LogP contribution >= 0.6 is 0 Å². The van der Waals surface area contributed by atoms with Gasteiger partial charge in [0.05, 0.1) is 13.2 Å². The molecule has 0 fully saturated rings. The first kappa shape index (κ1) is 17.3. The van der Waals surface area contributed by atoms with Gasteiger partial charge >= 0.3 is 6.03 Å². The van der Waals surface area contributed by atoms with Gasteiger partial charge in [-0.15, -0.1) is 0 Å². The standard InChI is InChI=1S/C16H26N2O3/c1-5-10-21-13(2)11-17-16(19)18(3)12-14-6-8-15(20-4)9-7-14/h6-9,13H,5,10-12H2,1-4H3,(H,17,19). The molecule has 1 rings (SSSR count). The number of hydrogen-bond donors (Lipinski definition) is 1. The highest BCUT2D eigenvalue weighted by atomic mass is 16.5. The van der Waals surface area contributed by atoms with Gasteiger partial charge in [0.15, 0.2) is 0 Å². The molecule has 5 nitrogen and oxygen atoms in total. The molecule has 1 aromatic rings. The normalized spacial score (nSPS) is 11.8. The van der Waals surface area contributed by atoms with Gasteiger partial charge in [0.1, 0.15) is 5.75 Å². The van der Waals surface area contributed by atoms with Crippen molar-refractivity contribution in [1.82, 2.24) is 10.2 Å². The first-order chi connectivity index (χ1) is 10.1. The number of hydrogen-bond acceptors (Lipinski definition) is 3. The van der Waals surface area contributed by atoms with Gasteiger partial charge in [-0.2, -0.15) is 0 Å². The molecule has 5 heteroatoms. The molecule has 1 aromatic carbocycles. The summed E-state index contributed by atoms with van der Waals surface area (Å²) in [6.45, 7) is 5.82. The second-order valence-corrected chi connectivity index (χ2v) is 5.07. The molecule has 0 saturated carbocycles. The highest BCUT2D eigenvalue weighted by molar-refractivity contribution is 5.73. The van der Waals surface area contributed by atoms with Gasteiger partial charge in [-0.25, -0.2) is 4.79 Å². The van der Waals surface area contributed by atoms with Gasteiger partial charge in [0.25, 0.3) is 0 Å². The zero-order chi connectivity index (χ0) is 15.7. The van der Waals surface area contributed by atoms with E-state index in [1.807, 2.05) is 31.2 Å². The van der Waals surface area contributed by atoms with Gasteiger partial charge in [-0.3, -0.25) is 0 Å². The van der Waals surface area contributed by atoms with Gasteiger partial charge < -0.3 is 19.7 Å². The Kier molecular flexibility index (Phi) is 7.61. The van der Waals surface area contributed by atoms with Crippen LogP contribution < -0.4 is 10.1 Å². The van der Waals surface area contributed by atoms with E-state index in [0.717, 1.165) is 24.3 Å². The zero-order valence-corrected chi connectivity index (χ0v) is 13.4. The molecule has 0 aliphatic heterocycles. The number of nitrogens with zero attached hydrogens (tertiary/aromatic N) is 1. The molecule has 2 amide bonds. The van der Waals surface area contributed by atoms with Crippen LogP contribution in [-0.4, -0.2) is 44.3 Å². The van der Waals surface area contributed by atoms with E-state index in [-0.39, 0.29) is 12.1 Å². The molecule has 118 valence electrons. The third-order valence-corrected chi connectivity index (χ3v) is 3.07. The van der Waals surface area contributed by atoms with E-state index in [4.69, 9.17) is 9.47 Å². The minimum Gasteiger partial charge on any atom is -0.497 e. The second kappa shape index (κ2) is 9.23. The van der Waals surface area contributed by atoms with Crippen LogP contribution in [0.3, 0.4) is 0 Å². The van der Waals surface area contributed by atoms with Crippen LogP contribution in [0.1, 0.15) is 25.8 Å². The first-order valence-electron chi connectivity index (χ1n) is 7.30. The highest BCUT2D eigenvalue weighted by Gasteiger charge is 2.10. The lowest BCUT2D eigenvalue weighted by molar-refractivity contribution is 0.0668. The maximum atomic E-state index is 12.0. The maximum Gasteiger partial charge on any atom is 0.317 e. The molecule has 0 radical (unpaired) electrons. The summed E-state index contributed by atoms with van der Waals surface area (Å²) >= 11 is 0. The molecule has 0 bridgehead atoms. The van der Waals surface area contributed by atoms with Crippen molar-refractivity contribution in [3.63, 3.8) is 0 Å². The largest absolute Gasteiger partial charge is 0.497 e. The van der Waals surface area contributed by atoms with Gasteiger partial charge in [0, 0.05) is 26.7 Å². The van der Waals surface area contributed by atoms with Crippen molar-refractivity contribution in [2.75, 3.05) is 27.3 Å². The fraction of sp³-hybridized carbons (Fsp3) is 0.562. The summed E-state index contributed by atoms with van der Waals surface area (Å²) in [5.41, 5.74) is 1.06. The van der Waals surface area contributed by atoms with Crippen molar-refractivity contribution in [2.24, 2.45) is 0 Å². The summed E-state index contributed by atoms with van der Waals surface area (Å²) in [6.07, 6.45) is 1.01. The number of carbonyl (C=O) groups excluding carboxylic acids is 1. The number of ether oxygens (including phenoxy) is 2. The minimum atomic E-state index is -0.0993.